The number of aliphatic hydroxyl groups is 1. The third-order valence-corrected chi connectivity index (χ3v) is 9.96. The number of halogens is 3. The molecule has 260 valence electrons. The maximum absolute atomic E-state index is 15.2. The lowest BCUT2D eigenvalue weighted by Gasteiger charge is -2.39. The third kappa shape index (κ3) is 6.76. The predicted molar refractivity (Wildman–Crippen MR) is 178 cm³/mol. The minimum Gasteiger partial charge on any atom is -0.496 e. The number of fused-ring (bicyclic) bond motifs is 2. The molecule has 2 heterocycles. The first kappa shape index (κ1) is 34.4. The van der Waals surface area contributed by atoms with Crippen LogP contribution in [-0.2, 0) is 41.1 Å². The second-order valence-corrected chi connectivity index (χ2v) is 13.0. The number of non-ortho nitro benzene ring substituents is 1. The molecule has 1 aromatic heterocycles. The lowest BCUT2D eigenvalue weighted by atomic mass is 9.75. The molecule has 1 fully saturated rings. The zero-order chi connectivity index (χ0) is 34.9. The zero-order valence-electron chi connectivity index (χ0n) is 27.6. The molecule has 0 spiro atoms. The fourth-order valence-corrected chi connectivity index (χ4v) is 7.29. The summed E-state index contributed by atoms with van der Waals surface area (Å²) in [5.41, 5.74) is 0.898. The van der Waals surface area contributed by atoms with Gasteiger partial charge >= 0.3 is 12.1 Å². The van der Waals surface area contributed by atoms with E-state index in [1.807, 2.05) is 18.2 Å². The van der Waals surface area contributed by atoms with Gasteiger partial charge in [-0.3, -0.25) is 19.8 Å². The number of aromatic nitrogens is 1. The van der Waals surface area contributed by atoms with Crippen molar-refractivity contribution in [2.45, 2.75) is 76.2 Å². The number of esters is 1. The largest absolute Gasteiger partial charge is 0.496 e. The van der Waals surface area contributed by atoms with E-state index < -0.39 is 23.2 Å². The molecule has 1 N–H and O–H groups in total. The average Bonchev–Trinajstić information content (AvgIpc) is 3.40. The molecule has 2 aliphatic rings. The predicted octanol–water partition coefficient (Wildman–Crippen LogP) is 7.18. The van der Waals surface area contributed by atoms with Crippen LogP contribution in [0, 0.1) is 10.1 Å². The van der Waals surface area contributed by atoms with Gasteiger partial charge in [0, 0.05) is 67.4 Å². The van der Waals surface area contributed by atoms with Crippen LogP contribution >= 0.6 is 0 Å². The number of nitro groups is 1. The lowest BCUT2D eigenvalue weighted by molar-refractivity contribution is -0.384. The van der Waals surface area contributed by atoms with E-state index in [-0.39, 0.29) is 60.1 Å². The van der Waals surface area contributed by atoms with E-state index in [1.54, 1.807) is 31.1 Å². The van der Waals surface area contributed by atoms with Crippen molar-refractivity contribution in [3.05, 3.63) is 104 Å². The summed E-state index contributed by atoms with van der Waals surface area (Å²) in [5.74, 6) is 0.665. The van der Waals surface area contributed by atoms with Gasteiger partial charge in [0.25, 0.3) is 5.69 Å². The van der Waals surface area contributed by atoms with Crippen LogP contribution in [0.15, 0.2) is 60.8 Å². The fraction of sp³-hybridized carbons (Fsp3) is 0.432. The van der Waals surface area contributed by atoms with Crippen LogP contribution in [0.2, 0.25) is 0 Å². The number of hydrogen-bond donors (Lipinski definition) is 1. The van der Waals surface area contributed by atoms with E-state index in [4.69, 9.17) is 9.47 Å². The van der Waals surface area contributed by atoms with E-state index >= 15 is 13.2 Å². The number of rotatable bonds is 12. The number of alkyl halides is 3. The monoisotopic (exact) mass is 679 g/mol. The molecule has 49 heavy (non-hydrogen) atoms. The molecule has 1 unspecified atom stereocenters. The molecular weight excluding hydrogens is 639 g/mol. The Kier molecular flexibility index (Phi) is 9.72. The number of hydrogen-bond acceptors (Lipinski definition) is 7. The number of nitrogens with zero attached hydrogens (tertiary/aromatic N) is 3. The number of nitro benzene ring substituents is 1. The minimum atomic E-state index is -5.06. The molecule has 0 bridgehead atoms. The molecular formula is C37H40F3N3O6. The van der Waals surface area contributed by atoms with E-state index in [2.05, 4.69) is 6.07 Å². The number of carbonyl (C=O) groups excluding carboxylic acids is 1. The normalized spacial score (nSPS) is 16.5. The van der Waals surface area contributed by atoms with Crippen LogP contribution in [-0.4, -0.2) is 58.4 Å². The van der Waals surface area contributed by atoms with Crippen LogP contribution in [0.25, 0.3) is 10.9 Å². The van der Waals surface area contributed by atoms with Crippen molar-refractivity contribution in [3.63, 3.8) is 0 Å². The SMILES string of the molecule is CCOC(=O)CCc1c(C2CCC2)cc2c(c1OC)CCN(CC(O)(c1cn(Cc3ccccc3)c3cc([N+](=O)[O-])ccc13)C(F)(F)F)C2. The van der Waals surface area contributed by atoms with Crippen molar-refractivity contribution in [3.8, 4) is 5.75 Å². The molecule has 1 aliphatic heterocycles. The summed E-state index contributed by atoms with van der Waals surface area (Å²) in [5, 5.41) is 23.5. The summed E-state index contributed by atoms with van der Waals surface area (Å²) in [7, 11) is 1.58. The van der Waals surface area contributed by atoms with Gasteiger partial charge in [-0.15, -0.1) is 0 Å². The maximum Gasteiger partial charge on any atom is 0.422 e. The fourth-order valence-electron chi connectivity index (χ4n) is 7.29. The molecule has 0 amide bonds. The summed E-state index contributed by atoms with van der Waals surface area (Å²) in [6.07, 6.45) is 0.304. The summed E-state index contributed by atoms with van der Waals surface area (Å²) in [4.78, 5) is 24.9. The van der Waals surface area contributed by atoms with Crippen molar-refractivity contribution < 1.29 is 37.5 Å². The summed E-state index contributed by atoms with van der Waals surface area (Å²) >= 11 is 0. The van der Waals surface area contributed by atoms with Gasteiger partial charge in [0.1, 0.15) is 5.75 Å². The first-order chi connectivity index (χ1) is 23.4. The van der Waals surface area contributed by atoms with Crippen LogP contribution in [0.4, 0.5) is 18.9 Å². The van der Waals surface area contributed by atoms with Gasteiger partial charge in [0.2, 0.25) is 5.60 Å². The average molecular weight is 680 g/mol. The van der Waals surface area contributed by atoms with Gasteiger partial charge in [-0.2, -0.15) is 13.2 Å². The highest BCUT2D eigenvalue weighted by Gasteiger charge is 2.57. The van der Waals surface area contributed by atoms with E-state index in [0.29, 0.717) is 25.2 Å². The number of β-amino-alcohol motifs (C(OH)–C–C–N with tert-alkyl or cyclic N) is 1. The molecule has 12 heteroatoms. The molecule has 4 aromatic rings. The highest BCUT2D eigenvalue weighted by atomic mass is 19.4. The van der Waals surface area contributed by atoms with Crippen molar-refractivity contribution in [2.75, 3.05) is 26.8 Å². The van der Waals surface area contributed by atoms with Gasteiger partial charge in [-0.1, -0.05) is 42.8 Å². The summed E-state index contributed by atoms with van der Waals surface area (Å²) < 4.78 is 58.1. The Morgan fingerprint density at radius 3 is 2.51 bits per heavy atom. The van der Waals surface area contributed by atoms with Crippen molar-refractivity contribution in [2.24, 2.45) is 0 Å². The molecule has 0 saturated heterocycles. The molecule has 1 saturated carbocycles. The maximum atomic E-state index is 15.2. The second-order valence-electron chi connectivity index (χ2n) is 13.0. The van der Waals surface area contributed by atoms with Crippen LogP contribution in [0.3, 0.4) is 0 Å². The van der Waals surface area contributed by atoms with Crippen molar-refractivity contribution in [1.82, 2.24) is 9.47 Å². The first-order valence-corrected chi connectivity index (χ1v) is 16.6. The van der Waals surface area contributed by atoms with Crippen molar-refractivity contribution in [1.29, 1.82) is 0 Å². The Morgan fingerprint density at radius 1 is 1.12 bits per heavy atom. The molecule has 1 aliphatic carbocycles. The third-order valence-electron chi connectivity index (χ3n) is 9.96. The number of carbonyl (C=O) groups is 1. The molecule has 6 rings (SSSR count). The number of benzene rings is 3. The van der Waals surface area contributed by atoms with Gasteiger partial charge in [-0.05, 0) is 66.8 Å². The topological polar surface area (TPSA) is 107 Å². The van der Waals surface area contributed by atoms with Crippen LogP contribution in [0.5, 0.6) is 5.75 Å². The van der Waals surface area contributed by atoms with Gasteiger partial charge in [0.05, 0.1) is 24.2 Å². The smallest absolute Gasteiger partial charge is 0.422 e. The van der Waals surface area contributed by atoms with Gasteiger partial charge in [-0.25, -0.2) is 0 Å². The lowest BCUT2D eigenvalue weighted by Crippen LogP contribution is -2.52. The number of ether oxygens (including phenoxy) is 2. The van der Waals surface area contributed by atoms with Gasteiger partial charge < -0.3 is 19.1 Å². The first-order valence-electron chi connectivity index (χ1n) is 16.6. The highest BCUT2D eigenvalue weighted by Crippen LogP contribution is 2.47. The Morgan fingerprint density at radius 2 is 1.88 bits per heavy atom. The Labute approximate surface area is 282 Å². The Bertz CT molecular complexity index is 1850. The molecule has 0 radical (unpaired) electrons. The Balaban J connectivity index is 1.37. The molecule has 1 atom stereocenters. The van der Waals surface area contributed by atoms with Crippen molar-refractivity contribution >= 4 is 22.6 Å². The van der Waals surface area contributed by atoms with E-state index in [9.17, 15) is 20.0 Å². The van der Waals surface area contributed by atoms with E-state index in [0.717, 1.165) is 47.1 Å². The molecule has 9 nitrogen and oxygen atoms in total. The second kappa shape index (κ2) is 13.8. The quantitative estimate of drug-likeness (QED) is 0.0961. The summed E-state index contributed by atoms with van der Waals surface area (Å²) in [6.45, 7) is 1.88. The molecule has 3 aromatic carbocycles. The Hall–Kier alpha value is -4.42. The van der Waals surface area contributed by atoms with Gasteiger partial charge in [0.15, 0.2) is 0 Å². The zero-order valence-corrected chi connectivity index (χ0v) is 27.6. The summed E-state index contributed by atoms with van der Waals surface area (Å²) in [6, 6.07) is 14.8. The standard InChI is InChI=1S/C37H40F3N3O6/c1-3-49-34(44)15-14-29-31(25-10-7-11-25)18-26-21-41(17-16-28(26)35(29)48-2)23-36(45,37(38,39)40)32-22-42(20-24-8-5-4-6-9-24)33-19-27(43(46)47)12-13-30(32)33/h4-6,8-9,12-13,18-19,22,25,45H,3,7,10-11,14-17,20-21,23H2,1-2H3. The van der Waals surface area contributed by atoms with E-state index in [1.165, 1.54) is 29.0 Å². The number of methoxy groups -OCH3 is 1. The highest BCUT2D eigenvalue weighted by molar-refractivity contribution is 5.87. The van der Waals surface area contributed by atoms with Crippen LogP contribution < -0.4 is 4.74 Å². The van der Waals surface area contributed by atoms with Crippen LogP contribution in [0.1, 0.15) is 71.9 Å². The minimum absolute atomic E-state index is 0.0962.